The van der Waals surface area contributed by atoms with Crippen LogP contribution >= 0.6 is 11.6 Å². The summed E-state index contributed by atoms with van der Waals surface area (Å²) in [5.41, 5.74) is 7.78. The number of aryl methyl sites for hydroxylation is 1. The third-order valence-corrected chi connectivity index (χ3v) is 3.21. The van der Waals surface area contributed by atoms with E-state index in [1.165, 1.54) is 4.68 Å². The molecule has 1 heterocycles. The van der Waals surface area contributed by atoms with Crippen LogP contribution in [0.15, 0.2) is 30.5 Å². The van der Waals surface area contributed by atoms with E-state index >= 15 is 0 Å². The van der Waals surface area contributed by atoms with Gasteiger partial charge in [0.05, 0.1) is 10.7 Å². The quantitative estimate of drug-likeness (QED) is 0.875. The Kier molecular flexibility index (Phi) is 3.76. The molecule has 0 atom stereocenters. The normalized spacial score (nSPS) is 10.5. The summed E-state index contributed by atoms with van der Waals surface area (Å²) in [5, 5.41) is 4.72. The van der Waals surface area contributed by atoms with Gasteiger partial charge in [0.15, 0.2) is 0 Å². The second kappa shape index (κ2) is 5.32. The number of nitrogen functional groups attached to an aromatic ring is 1. The molecular weight excluding hydrogens is 264 g/mol. The van der Waals surface area contributed by atoms with E-state index in [0.29, 0.717) is 16.4 Å². The van der Waals surface area contributed by atoms with Crippen LogP contribution in [-0.4, -0.2) is 22.7 Å². The van der Waals surface area contributed by atoms with Crippen LogP contribution in [0.5, 0.6) is 0 Å². The van der Waals surface area contributed by atoms with Gasteiger partial charge in [0.2, 0.25) is 5.91 Å². The maximum atomic E-state index is 12.1. The number of anilines is 2. The maximum absolute atomic E-state index is 12.1. The van der Waals surface area contributed by atoms with Gasteiger partial charge in [-0.15, -0.1) is 0 Å². The smallest absolute Gasteiger partial charge is 0.248 e. The molecule has 1 aromatic carbocycles. The number of carbonyl (C=O) groups excluding carboxylic acids is 1. The first-order chi connectivity index (χ1) is 8.97. The Morgan fingerprint density at radius 3 is 2.58 bits per heavy atom. The Morgan fingerprint density at radius 2 is 2.05 bits per heavy atom. The van der Waals surface area contributed by atoms with E-state index in [-0.39, 0.29) is 12.5 Å². The molecule has 2 N–H and O–H groups in total. The highest BCUT2D eigenvalue weighted by atomic mass is 35.5. The van der Waals surface area contributed by atoms with Crippen LogP contribution in [0.4, 0.5) is 11.4 Å². The minimum atomic E-state index is -0.0797. The lowest BCUT2D eigenvalue weighted by molar-refractivity contribution is -0.119. The molecule has 6 heteroatoms. The summed E-state index contributed by atoms with van der Waals surface area (Å²) < 4.78 is 1.54. The second-order valence-electron chi connectivity index (χ2n) is 4.30. The molecule has 0 aliphatic rings. The fourth-order valence-electron chi connectivity index (χ4n) is 1.66. The first-order valence-corrected chi connectivity index (χ1v) is 6.17. The molecule has 0 aliphatic carbocycles. The van der Waals surface area contributed by atoms with Crippen molar-refractivity contribution in [1.82, 2.24) is 9.78 Å². The Hall–Kier alpha value is -2.01. The molecule has 5 nitrogen and oxygen atoms in total. The number of hydrogen-bond donors (Lipinski definition) is 1. The van der Waals surface area contributed by atoms with Gasteiger partial charge in [0.25, 0.3) is 0 Å². The van der Waals surface area contributed by atoms with Gasteiger partial charge in [-0.2, -0.15) is 5.10 Å². The average Bonchev–Trinajstić information content (AvgIpc) is 2.68. The summed E-state index contributed by atoms with van der Waals surface area (Å²) in [6.07, 6.45) is 1.64. The molecule has 1 aromatic heterocycles. The molecule has 1 amide bonds. The third kappa shape index (κ3) is 3.06. The summed E-state index contributed by atoms with van der Waals surface area (Å²) in [6, 6.07) is 7.12. The van der Waals surface area contributed by atoms with Crippen LogP contribution in [0.2, 0.25) is 5.02 Å². The number of rotatable bonds is 3. The van der Waals surface area contributed by atoms with Crippen molar-refractivity contribution in [2.45, 2.75) is 13.5 Å². The molecule has 19 heavy (non-hydrogen) atoms. The van der Waals surface area contributed by atoms with E-state index in [2.05, 4.69) is 5.10 Å². The van der Waals surface area contributed by atoms with Crippen molar-refractivity contribution in [3.63, 3.8) is 0 Å². The molecule has 0 radical (unpaired) electrons. The predicted octanol–water partition coefficient (Wildman–Crippen LogP) is 2.09. The first-order valence-electron chi connectivity index (χ1n) is 5.79. The molecule has 2 aromatic rings. The standard InChI is InChI=1S/C13H15ClN4O/c1-9-12(14)7-18(16-9)8-13(19)17(2)11-5-3-10(15)4-6-11/h3-7H,8,15H2,1-2H3. The van der Waals surface area contributed by atoms with E-state index in [4.69, 9.17) is 17.3 Å². The van der Waals surface area contributed by atoms with Gasteiger partial charge in [-0.3, -0.25) is 9.48 Å². The maximum Gasteiger partial charge on any atom is 0.248 e. The summed E-state index contributed by atoms with van der Waals surface area (Å²) in [7, 11) is 1.71. The molecule has 0 spiro atoms. The number of benzene rings is 1. The molecule has 0 saturated heterocycles. The van der Waals surface area contributed by atoms with E-state index in [0.717, 1.165) is 5.69 Å². The van der Waals surface area contributed by atoms with Gasteiger partial charge in [-0.1, -0.05) is 11.6 Å². The van der Waals surface area contributed by atoms with Crippen molar-refractivity contribution in [2.75, 3.05) is 17.7 Å². The number of nitrogens with two attached hydrogens (primary N) is 1. The fraction of sp³-hybridized carbons (Fsp3) is 0.231. The van der Waals surface area contributed by atoms with E-state index < -0.39 is 0 Å². The number of hydrogen-bond acceptors (Lipinski definition) is 3. The van der Waals surface area contributed by atoms with E-state index in [1.54, 1.807) is 49.3 Å². The van der Waals surface area contributed by atoms with Gasteiger partial charge in [0.1, 0.15) is 6.54 Å². The predicted molar refractivity (Wildman–Crippen MR) is 76.2 cm³/mol. The highest BCUT2D eigenvalue weighted by Gasteiger charge is 2.13. The van der Waals surface area contributed by atoms with Gasteiger partial charge < -0.3 is 10.6 Å². The van der Waals surface area contributed by atoms with Crippen LogP contribution in [0.3, 0.4) is 0 Å². The SMILES string of the molecule is Cc1nn(CC(=O)N(C)c2ccc(N)cc2)cc1Cl. The Morgan fingerprint density at radius 1 is 1.42 bits per heavy atom. The fourth-order valence-corrected chi connectivity index (χ4v) is 1.81. The minimum Gasteiger partial charge on any atom is -0.399 e. The van der Waals surface area contributed by atoms with Gasteiger partial charge in [0, 0.05) is 24.6 Å². The third-order valence-electron chi connectivity index (χ3n) is 2.84. The summed E-state index contributed by atoms with van der Waals surface area (Å²) >= 11 is 5.90. The van der Waals surface area contributed by atoms with E-state index in [9.17, 15) is 4.79 Å². The van der Waals surface area contributed by atoms with Crippen molar-refractivity contribution in [3.8, 4) is 0 Å². The summed E-state index contributed by atoms with van der Waals surface area (Å²) in [4.78, 5) is 13.7. The van der Waals surface area contributed by atoms with Crippen LogP contribution in [-0.2, 0) is 11.3 Å². The highest BCUT2D eigenvalue weighted by Crippen LogP contribution is 2.16. The topological polar surface area (TPSA) is 64.2 Å². The molecule has 100 valence electrons. The molecule has 0 unspecified atom stereocenters. The Balaban J connectivity index is 2.09. The zero-order valence-electron chi connectivity index (χ0n) is 10.8. The molecule has 2 rings (SSSR count). The van der Waals surface area contributed by atoms with Gasteiger partial charge in [-0.05, 0) is 31.2 Å². The number of aromatic nitrogens is 2. The minimum absolute atomic E-state index is 0.0797. The van der Waals surface area contributed by atoms with Crippen molar-refractivity contribution in [3.05, 3.63) is 41.2 Å². The Labute approximate surface area is 116 Å². The monoisotopic (exact) mass is 278 g/mol. The number of carbonyl (C=O) groups is 1. The van der Waals surface area contributed by atoms with Crippen molar-refractivity contribution in [2.24, 2.45) is 0 Å². The number of likely N-dealkylation sites (N-methyl/N-ethyl adjacent to an activating group) is 1. The molecule has 0 saturated carbocycles. The molecule has 0 bridgehead atoms. The van der Waals surface area contributed by atoms with Crippen LogP contribution in [0.25, 0.3) is 0 Å². The first kappa shape index (κ1) is 13.4. The molecule has 0 fully saturated rings. The summed E-state index contributed by atoms with van der Waals surface area (Å²) in [6.45, 7) is 1.95. The van der Waals surface area contributed by atoms with Gasteiger partial charge in [-0.25, -0.2) is 0 Å². The van der Waals surface area contributed by atoms with Crippen LogP contribution < -0.4 is 10.6 Å². The highest BCUT2D eigenvalue weighted by molar-refractivity contribution is 6.31. The lowest BCUT2D eigenvalue weighted by Gasteiger charge is -2.17. The zero-order valence-corrected chi connectivity index (χ0v) is 11.6. The van der Waals surface area contributed by atoms with Crippen molar-refractivity contribution < 1.29 is 4.79 Å². The molecular formula is C13H15ClN4O. The largest absolute Gasteiger partial charge is 0.399 e. The Bertz CT molecular complexity index is 572. The average molecular weight is 279 g/mol. The second-order valence-corrected chi connectivity index (χ2v) is 4.71. The van der Waals surface area contributed by atoms with Crippen LogP contribution in [0.1, 0.15) is 5.69 Å². The van der Waals surface area contributed by atoms with Gasteiger partial charge >= 0.3 is 0 Å². The summed E-state index contributed by atoms with van der Waals surface area (Å²) in [5.74, 6) is -0.0797. The number of halogens is 1. The number of amides is 1. The zero-order chi connectivity index (χ0) is 14.0. The number of nitrogens with zero attached hydrogens (tertiary/aromatic N) is 3. The lowest BCUT2D eigenvalue weighted by Crippen LogP contribution is -2.30. The van der Waals surface area contributed by atoms with Crippen molar-refractivity contribution >= 4 is 28.9 Å². The van der Waals surface area contributed by atoms with Crippen LogP contribution in [0, 0.1) is 6.92 Å². The lowest BCUT2D eigenvalue weighted by atomic mass is 10.2. The van der Waals surface area contributed by atoms with E-state index in [1.807, 2.05) is 0 Å². The van der Waals surface area contributed by atoms with Crippen molar-refractivity contribution in [1.29, 1.82) is 0 Å². The molecule has 0 aliphatic heterocycles.